The van der Waals surface area contributed by atoms with Crippen molar-refractivity contribution in [1.29, 1.82) is 0 Å². The monoisotopic (exact) mass is 264 g/mol. The highest BCUT2D eigenvalue weighted by molar-refractivity contribution is 7.11. The zero-order valence-electron chi connectivity index (χ0n) is 8.76. The first-order valence-corrected chi connectivity index (χ1v) is 6.14. The standard InChI is InChI=1S/C12H9ClN2OS/c13-11-6-2-1-5-10(11)12(16)15-14-8-9-4-3-7-17-9/h1-8H,(H,15,16). The lowest BCUT2D eigenvalue weighted by molar-refractivity contribution is 0.0955. The molecule has 0 aliphatic carbocycles. The second-order valence-corrected chi connectivity index (χ2v) is 4.58. The van der Waals surface area contributed by atoms with E-state index in [0.717, 1.165) is 4.88 Å². The van der Waals surface area contributed by atoms with E-state index in [4.69, 9.17) is 11.6 Å². The highest BCUT2D eigenvalue weighted by atomic mass is 35.5. The summed E-state index contributed by atoms with van der Waals surface area (Å²) in [5.41, 5.74) is 2.85. The molecule has 1 heterocycles. The maximum absolute atomic E-state index is 11.7. The normalized spacial score (nSPS) is 10.6. The third-order valence-corrected chi connectivity index (χ3v) is 3.16. The SMILES string of the molecule is O=C(NN=Cc1cccs1)c1ccccc1Cl. The minimum atomic E-state index is -0.316. The van der Waals surface area contributed by atoms with E-state index in [1.807, 2.05) is 17.5 Å². The van der Waals surface area contributed by atoms with E-state index in [-0.39, 0.29) is 5.91 Å². The van der Waals surface area contributed by atoms with Crippen LogP contribution in [0, 0.1) is 0 Å². The number of nitrogens with zero attached hydrogens (tertiary/aromatic N) is 1. The van der Waals surface area contributed by atoms with E-state index in [1.165, 1.54) is 0 Å². The summed E-state index contributed by atoms with van der Waals surface area (Å²) in [5, 5.41) is 6.21. The number of rotatable bonds is 3. The number of thiophene rings is 1. The third-order valence-electron chi connectivity index (χ3n) is 2.02. The Labute approximate surface area is 108 Å². The molecule has 3 nitrogen and oxygen atoms in total. The van der Waals surface area contributed by atoms with Gasteiger partial charge in [-0.1, -0.05) is 29.8 Å². The summed E-state index contributed by atoms with van der Waals surface area (Å²) in [7, 11) is 0. The Hall–Kier alpha value is -1.65. The topological polar surface area (TPSA) is 41.5 Å². The molecule has 86 valence electrons. The molecule has 0 unspecified atom stereocenters. The molecule has 0 fully saturated rings. The maximum atomic E-state index is 11.7. The molecule has 0 radical (unpaired) electrons. The summed E-state index contributed by atoms with van der Waals surface area (Å²) in [4.78, 5) is 12.7. The maximum Gasteiger partial charge on any atom is 0.272 e. The summed E-state index contributed by atoms with van der Waals surface area (Å²) >= 11 is 7.43. The van der Waals surface area contributed by atoms with E-state index in [9.17, 15) is 4.79 Å². The van der Waals surface area contributed by atoms with Crippen LogP contribution in [0.5, 0.6) is 0 Å². The van der Waals surface area contributed by atoms with Crippen LogP contribution in [-0.4, -0.2) is 12.1 Å². The van der Waals surface area contributed by atoms with Crippen molar-refractivity contribution >= 4 is 35.1 Å². The zero-order chi connectivity index (χ0) is 12.1. The molecule has 1 N–H and O–H groups in total. The van der Waals surface area contributed by atoms with E-state index < -0.39 is 0 Å². The second kappa shape index (κ2) is 5.61. The summed E-state index contributed by atoms with van der Waals surface area (Å²) in [6.45, 7) is 0. The third kappa shape index (κ3) is 3.15. The average molecular weight is 265 g/mol. The van der Waals surface area contributed by atoms with E-state index in [0.29, 0.717) is 10.6 Å². The van der Waals surface area contributed by atoms with Gasteiger partial charge < -0.3 is 0 Å². The molecular formula is C12H9ClN2OS. The molecule has 0 aliphatic heterocycles. The lowest BCUT2D eigenvalue weighted by atomic mass is 10.2. The number of hydrogen-bond acceptors (Lipinski definition) is 3. The minimum absolute atomic E-state index is 0.316. The quantitative estimate of drug-likeness (QED) is 0.671. The van der Waals surface area contributed by atoms with Crippen molar-refractivity contribution in [3.63, 3.8) is 0 Å². The molecule has 1 aromatic heterocycles. The van der Waals surface area contributed by atoms with Gasteiger partial charge in [-0.05, 0) is 23.6 Å². The Morgan fingerprint density at radius 3 is 2.82 bits per heavy atom. The first-order valence-electron chi connectivity index (χ1n) is 4.89. The minimum Gasteiger partial charge on any atom is -0.267 e. The Kier molecular flexibility index (Phi) is 3.90. The number of hydrazone groups is 1. The number of halogens is 1. The number of carbonyl (C=O) groups is 1. The fourth-order valence-electron chi connectivity index (χ4n) is 1.22. The van der Waals surface area contributed by atoms with Crippen LogP contribution in [0.25, 0.3) is 0 Å². The molecular weight excluding hydrogens is 256 g/mol. The molecule has 0 atom stereocenters. The van der Waals surface area contributed by atoms with E-state index in [2.05, 4.69) is 10.5 Å². The molecule has 0 aliphatic rings. The Morgan fingerprint density at radius 1 is 1.29 bits per heavy atom. The van der Waals surface area contributed by atoms with Crippen LogP contribution >= 0.6 is 22.9 Å². The van der Waals surface area contributed by atoms with Crippen molar-refractivity contribution in [2.24, 2.45) is 5.10 Å². The molecule has 2 rings (SSSR count). The van der Waals surface area contributed by atoms with Gasteiger partial charge in [0.2, 0.25) is 0 Å². The van der Waals surface area contributed by atoms with Crippen LogP contribution in [-0.2, 0) is 0 Å². The largest absolute Gasteiger partial charge is 0.272 e. The van der Waals surface area contributed by atoms with Crippen LogP contribution < -0.4 is 5.43 Å². The van der Waals surface area contributed by atoms with Crippen molar-refractivity contribution in [2.75, 3.05) is 0 Å². The molecule has 17 heavy (non-hydrogen) atoms. The molecule has 1 aromatic carbocycles. The van der Waals surface area contributed by atoms with Crippen LogP contribution in [0.1, 0.15) is 15.2 Å². The smallest absolute Gasteiger partial charge is 0.267 e. The fourth-order valence-corrected chi connectivity index (χ4v) is 2.03. The summed E-state index contributed by atoms with van der Waals surface area (Å²) in [6.07, 6.45) is 1.60. The molecule has 0 saturated carbocycles. The van der Waals surface area contributed by atoms with Gasteiger partial charge in [0.1, 0.15) is 0 Å². The molecule has 2 aromatic rings. The van der Waals surface area contributed by atoms with Gasteiger partial charge in [-0.25, -0.2) is 5.43 Å². The van der Waals surface area contributed by atoms with Gasteiger partial charge in [-0.3, -0.25) is 4.79 Å². The molecule has 1 amide bonds. The van der Waals surface area contributed by atoms with Crippen molar-refractivity contribution in [1.82, 2.24) is 5.43 Å². The zero-order valence-corrected chi connectivity index (χ0v) is 10.3. The van der Waals surface area contributed by atoms with Crippen molar-refractivity contribution in [3.05, 3.63) is 57.2 Å². The Morgan fingerprint density at radius 2 is 2.12 bits per heavy atom. The van der Waals surface area contributed by atoms with Gasteiger partial charge in [0.25, 0.3) is 5.91 Å². The number of hydrogen-bond donors (Lipinski definition) is 1. The van der Waals surface area contributed by atoms with Gasteiger partial charge in [0.05, 0.1) is 16.8 Å². The van der Waals surface area contributed by atoms with Gasteiger partial charge in [0, 0.05) is 4.88 Å². The number of amides is 1. The number of benzene rings is 1. The van der Waals surface area contributed by atoms with Crippen LogP contribution in [0.2, 0.25) is 5.02 Å². The van der Waals surface area contributed by atoms with Crippen molar-refractivity contribution < 1.29 is 4.79 Å². The first kappa shape index (κ1) is 11.8. The molecule has 0 spiro atoms. The summed E-state index contributed by atoms with van der Waals surface area (Å²) in [5.74, 6) is -0.316. The molecule has 0 bridgehead atoms. The lowest BCUT2D eigenvalue weighted by Crippen LogP contribution is -2.17. The van der Waals surface area contributed by atoms with Gasteiger partial charge in [-0.2, -0.15) is 5.10 Å². The van der Waals surface area contributed by atoms with Gasteiger partial charge >= 0.3 is 0 Å². The van der Waals surface area contributed by atoms with Crippen LogP contribution in [0.15, 0.2) is 46.9 Å². The van der Waals surface area contributed by atoms with Gasteiger partial charge in [0.15, 0.2) is 0 Å². The number of nitrogens with one attached hydrogen (secondary N) is 1. The molecule has 5 heteroatoms. The Balaban J connectivity index is 2.01. The van der Waals surface area contributed by atoms with Crippen molar-refractivity contribution in [3.8, 4) is 0 Å². The van der Waals surface area contributed by atoms with Gasteiger partial charge in [-0.15, -0.1) is 11.3 Å². The highest BCUT2D eigenvalue weighted by Gasteiger charge is 2.07. The number of carbonyl (C=O) groups excluding carboxylic acids is 1. The second-order valence-electron chi connectivity index (χ2n) is 3.19. The summed E-state index contributed by atoms with van der Waals surface area (Å²) in [6, 6.07) is 10.7. The lowest BCUT2D eigenvalue weighted by Gasteiger charge is -2.01. The first-order chi connectivity index (χ1) is 8.27. The summed E-state index contributed by atoms with van der Waals surface area (Å²) < 4.78 is 0. The fraction of sp³-hybridized carbons (Fsp3) is 0. The highest BCUT2D eigenvalue weighted by Crippen LogP contribution is 2.14. The van der Waals surface area contributed by atoms with Crippen LogP contribution in [0.4, 0.5) is 0 Å². The average Bonchev–Trinajstić information content (AvgIpc) is 2.82. The Bertz CT molecular complexity index is 537. The molecule has 0 saturated heterocycles. The van der Waals surface area contributed by atoms with Crippen LogP contribution in [0.3, 0.4) is 0 Å². The van der Waals surface area contributed by atoms with E-state index in [1.54, 1.807) is 41.8 Å². The van der Waals surface area contributed by atoms with Crippen molar-refractivity contribution in [2.45, 2.75) is 0 Å². The van der Waals surface area contributed by atoms with E-state index >= 15 is 0 Å². The predicted molar refractivity (Wildman–Crippen MR) is 70.8 cm³/mol. The predicted octanol–water partition coefficient (Wildman–Crippen LogP) is 3.17.